The molecule has 0 fully saturated rings. The molecule has 4 rings (SSSR count). The van der Waals surface area contributed by atoms with E-state index in [1.807, 2.05) is 6.07 Å². The predicted octanol–water partition coefficient (Wildman–Crippen LogP) is 6.21. The van der Waals surface area contributed by atoms with Crippen LogP contribution in [0, 0.1) is 0 Å². The van der Waals surface area contributed by atoms with E-state index in [9.17, 15) is 0 Å². The van der Waals surface area contributed by atoms with E-state index in [1.54, 1.807) is 0 Å². The molecule has 0 atom stereocenters. The van der Waals surface area contributed by atoms with Gasteiger partial charge >= 0.3 is 0 Å². The minimum absolute atomic E-state index is 0.780. The molecule has 0 aliphatic heterocycles. The van der Waals surface area contributed by atoms with Crippen molar-refractivity contribution in [2.75, 3.05) is 0 Å². The third kappa shape index (κ3) is 2.86. The van der Waals surface area contributed by atoms with Gasteiger partial charge in [0, 0.05) is 16.1 Å². The van der Waals surface area contributed by atoms with E-state index in [0.29, 0.717) is 0 Å². The second-order valence-corrected chi connectivity index (χ2v) is 6.79. The first-order valence-corrected chi connectivity index (χ1v) is 8.87. The SMILES string of the molecule is Clc1ccc2nc3c(c(-c4ccccc4)c2c1)CCCCCC3. The summed E-state index contributed by atoms with van der Waals surface area (Å²) >= 11 is 6.29. The summed E-state index contributed by atoms with van der Waals surface area (Å²) in [5.41, 5.74) is 6.41. The zero-order valence-electron chi connectivity index (χ0n) is 13.2. The molecule has 0 radical (unpaired) electrons. The van der Waals surface area contributed by atoms with Crippen LogP contribution in [0.1, 0.15) is 36.9 Å². The standard InChI is InChI=1S/C21H20ClN/c22-16-12-13-20-18(14-16)21(15-8-4-3-5-9-15)17-10-6-1-2-7-11-19(17)23-20/h3-5,8-9,12-14H,1-2,6-7,10-11H2. The minimum Gasteiger partial charge on any atom is -0.253 e. The van der Waals surface area contributed by atoms with Crippen molar-refractivity contribution in [1.82, 2.24) is 4.98 Å². The Bertz CT molecular complexity index is 839. The number of aryl methyl sites for hydroxylation is 1. The molecular formula is C21H20ClN. The number of nitrogens with zero attached hydrogens (tertiary/aromatic N) is 1. The lowest BCUT2D eigenvalue weighted by molar-refractivity contribution is 0.611. The summed E-state index contributed by atoms with van der Waals surface area (Å²) in [4.78, 5) is 4.99. The lowest BCUT2D eigenvalue weighted by Crippen LogP contribution is -2.05. The van der Waals surface area contributed by atoms with Gasteiger partial charge < -0.3 is 0 Å². The molecule has 1 aromatic heterocycles. The summed E-state index contributed by atoms with van der Waals surface area (Å²) in [6.07, 6.45) is 7.35. The van der Waals surface area contributed by atoms with Gasteiger partial charge in [0.05, 0.1) is 5.52 Å². The molecule has 2 aromatic carbocycles. The molecule has 1 aliphatic rings. The number of fused-ring (bicyclic) bond motifs is 2. The fourth-order valence-corrected chi connectivity index (χ4v) is 3.86. The second-order valence-electron chi connectivity index (χ2n) is 6.35. The maximum atomic E-state index is 6.29. The van der Waals surface area contributed by atoms with Gasteiger partial charge in [-0.15, -0.1) is 0 Å². The Balaban J connectivity index is 2.05. The van der Waals surface area contributed by atoms with Gasteiger partial charge in [0.1, 0.15) is 0 Å². The summed E-state index contributed by atoms with van der Waals surface area (Å²) in [5.74, 6) is 0. The summed E-state index contributed by atoms with van der Waals surface area (Å²) in [6.45, 7) is 0. The molecule has 1 nitrogen and oxygen atoms in total. The Labute approximate surface area is 142 Å². The molecule has 0 saturated carbocycles. The van der Waals surface area contributed by atoms with Crippen molar-refractivity contribution in [1.29, 1.82) is 0 Å². The number of benzene rings is 2. The Morgan fingerprint density at radius 2 is 1.61 bits per heavy atom. The van der Waals surface area contributed by atoms with Gasteiger partial charge in [-0.05, 0) is 60.6 Å². The van der Waals surface area contributed by atoms with Crippen molar-refractivity contribution in [3.8, 4) is 11.1 Å². The number of rotatable bonds is 1. The van der Waals surface area contributed by atoms with Crippen LogP contribution in [0.4, 0.5) is 0 Å². The van der Waals surface area contributed by atoms with Crippen molar-refractivity contribution in [2.45, 2.75) is 38.5 Å². The maximum absolute atomic E-state index is 6.29. The summed E-state index contributed by atoms with van der Waals surface area (Å²) in [5, 5.41) is 1.96. The molecule has 2 heteroatoms. The molecule has 0 spiro atoms. The Hall–Kier alpha value is -1.86. The minimum atomic E-state index is 0.780. The zero-order valence-corrected chi connectivity index (χ0v) is 13.9. The molecule has 0 bridgehead atoms. The van der Waals surface area contributed by atoms with Crippen LogP contribution in [0.15, 0.2) is 48.5 Å². The molecule has 0 amide bonds. The molecule has 0 unspecified atom stereocenters. The van der Waals surface area contributed by atoms with E-state index in [0.717, 1.165) is 23.4 Å². The summed E-state index contributed by atoms with van der Waals surface area (Å²) < 4.78 is 0. The highest BCUT2D eigenvalue weighted by atomic mass is 35.5. The van der Waals surface area contributed by atoms with E-state index < -0.39 is 0 Å². The molecule has 0 N–H and O–H groups in total. The number of aromatic nitrogens is 1. The smallest absolute Gasteiger partial charge is 0.0712 e. The number of hydrogen-bond donors (Lipinski definition) is 0. The van der Waals surface area contributed by atoms with Gasteiger partial charge in [0.15, 0.2) is 0 Å². The van der Waals surface area contributed by atoms with Gasteiger partial charge in [-0.25, -0.2) is 0 Å². The first-order chi connectivity index (χ1) is 11.3. The first kappa shape index (κ1) is 14.7. The van der Waals surface area contributed by atoms with Crippen LogP contribution in [-0.2, 0) is 12.8 Å². The van der Waals surface area contributed by atoms with E-state index in [1.165, 1.54) is 53.5 Å². The van der Waals surface area contributed by atoms with Gasteiger partial charge in [0.2, 0.25) is 0 Å². The average molecular weight is 322 g/mol. The molecule has 0 saturated heterocycles. The summed E-state index contributed by atoms with van der Waals surface area (Å²) in [7, 11) is 0. The van der Waals surface area contributed by atoms with Crippen molar-refractivity contribution < 1.29 is 0 Å². The van der Waals surface area contributed by atoms with Crippen molar-refractivity contribution >= 4 is 22.5 Å². The second kappa shape index (κ2) is 6.33. The first-order valence-electron chi connectivity index (χ1n) is 8.49. The normalized spacial score (nSPS) is 15.0. The highest BCUT2D eigenvalue weighted by Gasteiger charge is 2.17. The Morgan fingerprint density at radius 1 is 0.826 bits per heavy atom. The van der Waals surface area contributed by atoms with E-state index in [4.69, 9.17) is 16.6 Å². The van der Waals surface area contributed by atoms with Gasteiger partial charge in [-0.2, -0.15) is 0 Å². The molecular weight excluding hydrogens is 302 g/mol. The number of halogens is 1. The van der Waals surface area contributed by atoms with Gasteiger partial charge in [-0.3, -0.25) is 4.98 Å². The average Bonchev–Trinajstić information content (AvgIpc) is 2.55. The van der Waals surface area contributed by atoms with Crippen molar-refractivity contribution in [3.05, 3.63) is 64.8 Å². The molecule has 1 heterocycles. The van der Waals surface area contributed by atoms with Gasteiger partial charge in [-0.1, -0.05) is 54.8 Å². The quantitative estimate of drug-likeness (QED) is 0.519. The van der Waals surface area contributed by atoms with Crippen LogP contribution in [0.2, 0.25) is 5.02 Å². The van der Waals surface area contributed by atoms with Crippen LogP contribution in [-0.4, -0.2) is 4.98 Å². The summed E-state index contributed by atoms with van der Waals surface area (Å²) in [6, 6.07) is 16.8. The molecule has 116 valence electrons. The molecule has 1 aliphatic carbocycles. The van der Waals surface area contributed by atoms with Crippen LogP contribution < -0.4 is 0 Å². The topological polar surface area (TPSA) is 12.9 Å². The van der Waals surface area contributed by atoms with Crippen LogP contribution >= 0.6 is 11.6 Å². The lowest BCUT2D eigenvalue weighted by atomic mass is 9.88. The predicted molar refractivity (Wildman–Crippen MR) is 98.1 cm³/mol. The third-order valence-corrected chi connectivity index (χ3v) is 5.02. The van der Waals surface area contributed by atoms with E-state index in [-0.39, 0.29) is 0 Å². The molecule has 23 heavy (non-hydrogen) atoms. The number of pyridine rings is 1. The fraction of sp³-hybridized carbons (Fsp3) is 0.286. The van der Waals surface area contributed by atoms with Crippen LogP contribution in [0.25, 0.3) is 22.0 Å². The molecule has 3 aromatic rings. The third-order valence-electron chi connectivity index (χ3n) is 4.79. The Kier molecular flexibility index (Phi) is 4.05. The Morgan fingerprint density at radius 3 is 2.43 bits per heavy atom. The van der Waals surface area contributed by atoms with Crippen LogP contribution in [0.3, 0.4) is 0 Å². The van der Waals surface area contributed by atoms with Crippen molar-refractivity contribution in [2.24, 2.45) is 0 Å². The van der Waals surface area contributed by atoms with Crippen LogP contribution in [0.5, 0.6) is 0 Å². The monoisotopic (exact) mass is 321 g/mol. The highest BCUT2D eigenvalue weighted by molar-refractivity contribution is 6.31. The van der Waals surface area contributed by atoms with E-state index in [2.05, 4.69) is 42.5 Å². The highest BCUT2D eigenvalue weighted by Crippen LogP contribution is 2.36. The van der Waals surface area contributed by atoms with Crippen molar-refractivity contribution in [3.63, 3.8) is 0 Å². The van der Waals surface area contributed by atoms with Gasteiger partial charge in [0.25, 0.3) is 0 Å². The lowest BCUT2D eigenvalue weighted by Gasteiger charge is -2.20. The fourth-order valence-electron chi connectivity index (χ4n) is 3.68. The van der Waals surface area contributed by atoms with E-state index >= 15 is 0 Å². The largest absolute Gasteiger partial charge is 0.253 e. The maximum Gasteiger partial charge on any atom is 0.0712 e. The zero-order chi connectivity index (χ0) is 15.6. The number of hydrogen-bond acceptors (Lipinski definition) is 1.